The molecule has 20 heavy (non-hydrogen) atoms. The first-order valence-electron chi connectivity index (χ1n) is 6.16. The molecule has 106 valence electrons. The fraction of sp³-hybridized carbons (Fsp3) is 0.200. The molecule has 2 rings (SSSR count). The van der Waals surface area contributed by atoms with Gasteiger partial charge in [-0.2, -0.15) is 0 Å². The summed E-state index contributed by atoms with van der Waals surface area (Å²) in [6.45, 7) is 2.46. The molecule has 0 radical (unpaired) electrons. The lowest BCUT2D eigenvalue weighted by Crippen LogP contribution is -2.24. The molecule has 1 unspecified atom stereocenters. The third-order valence-corrected chi connectivity index (χ3v) is 3.89. The summed E-state index contributed by atoms with van der Waals surface area (Å²) in [5.41, 5.74) is 0.748. The predicted molar refractivity (Wildman–Crippen MR) is 81.0 cm³/mol. The van der Waals surface area contributed by atoms with Crippen LogP contribution in [0.1, 0.15) is 24.1 Å². The Kier molecular flexibility index (Phi) is 5.13. The van der Waals surface area contributed by atoms with E-state index < -0.39 is 17.7 Å². The molecule has 1 N–H and O–H groups in total. The number of hydrogen-bond acceptors (Lipinski definition) is 1. The molecule has 0 aliphatic heterocycles. The Balaban J connectivity index is 2.56. The Hall–Kier alpha value is -0.970. The average Bonchev–Trinajstić information content (AvgIpc) is 2.38. The molecule has 0 saturated heterocycles. The van der Waals surface area contributed by atoms with Crippen LogP contribution in [0.2, 0.25) is 5.02 Å². The van der Waals surface area contributed by atoms with Crippen LogP contribution in [0.4, 0.5) is 8.78 Å². The van der Waals surface area contributed by atoms with Gasteiger partial charge in [-0.3, -0.25) is 0 Å². The maximum atomic E-state index is 14.0. The molecule has 0 aliphatic rings. The van der Waals surface area contributed by atoms with Crippen molar-refractivity contribution in [1.29, 1.82) is 0 Å². The quantitative estimate of drug-likeness (QED) is 0.802. The van der Waals surface area contributed by atoms with Crippen LogP contribution in [0.25, 0.3) is 0 Å². The van der Waals surface area contributed by atoms with Crippen molar-refractivity contribution in [3.63, 3.8) is 0 Å². The highest BCUT2D eigenvalue weighted by atomic mass is 79.9. The Morgan fingerprint density at radius 2 is 1.85 bits per heavy atom. The molecule has 0 amide bonds. The van der Waals surface area contributed by atoms with E-state index in [9.17, 15) is 8.78 Å². The van der Waals surface area contributed by atoms with E-state index in [-0.39, 0.29) is 5.56 Å². The van der Waals surface area contributed by atoms with Gasteiger partial charge in [-0.05, 0) is 36.4 Å². The molecule has 0 aromatic heterocycles. The van der Waals surface area contributed by atoms with Crippen molar-refractivity contribution in [2.75, 3.05) is 6.54 Å². The van der Waals surface area contributed by atoms with Crippen molar-refractivity contribution in [3.8, 4) is 0 Å². The van der Waals surface area contributed by atoms with Crippen molar-refractivity contribution >= 4 is 27.5 Å². The highest BCUT2D eigenvalue weighted by Crippen LogP contribution is 2.33. The maximum Gasteiger partial charge on any atom is 0.131 e. The summed E-state index contributed by atoms with van der Waals surface area (Å²) in [5, 5.41) is 3.66. The fourth-order valence-corrected chi connectivity index (χ4v) is 3.01. The molecule has 2 aromatic rings. The summed E-state index contributed by atoms with van der Waals surface area (Å²) in [4.78, 5) is 0. The molecule has 1 atom stereocenters. The van der Waals surface area contributed by atoms with Crippen LogP contribution in [-0.2, 0) is 0 Å². The summed E-state index contributed by atoms with van der Waals surface area (Å²) in [7, 11) is 0. The summed E-state index contributed by atoms with van der Waals surface area (Å²) >= 11 is 9.30. The van der Waals surface area contributed by atoms with Crippen LogP contribution >= 0.6 is 27.5 Å². The van der Waals surface area contributed by atoms with E-state index in [1.54, 1.807) is 18.2 Å². The lowest BCUT2D eigenvalue weighted by molar-refractivity contribution is 0.509. The van der Waals surface area contributed by atoms with Crippen molar-refractivity contribution in [2.45, 2.75) is 13.0 Å². The van der Waals surface area contributed by atoms with Crippen LogP contribution in [0.15, 0.2) is 40.9 Å². The second kappa shape index (κ2) is 6.66. The Bertz CT molecular complexity index is 599. The standard InChI is InChI=1S/C15H13BrClF2N/c1-2-20-15(10-7-6-9(17)8-11(10)16)14-12(18)4-3-5-13(14)19/h3-8,15,20H,2H2,1H3. The van der Waals surface area contributed by atoms with Gasteiger partial charge in [0.15, 0.2) is 0 Å². The molecule has 0 heterocycles. The summed E-state index contributed by atoms with van der Waals surface area (Å²) in [5.74, 6) is -1.14. The maximum absolute atomic E-state index is 14.0. The topological polar surface area (TPSA) is 12.0 Å². The van der Waals surface area contributed by atoms with Crippen LogP contribution in [0.5, 0.6) is 0 Å². The SMILES string of the molecule is CCNC(c1ccc(Cl)cc1Br)c1c(F)cccc1F. The Morgan fingerprint density at radius 3 is 2.40 bits per heavy atom. The van der Waals surface area contributed by atoms with Crippen LogP contribution in [-0.4, -0.2) is 6.54 Å². The Labute approximate surface area is 130 Å². The fourth-order valence-electron chi connectivity index (χ4n) is 2.09. The van der Waals surface area contributed by atoms with Crippen molar-refractivity contribution in [2.24, 2.45) is 0 Å². The minimum Gasteiger partial charge on any atom is -0.306 e. The second-order valence-corrected chi connectivity index (χ2v) is 5.58. The first kappa shape index (κ1) is 15.4. The first-order valence-corrected chi connectivity index (χ1v) is 7.34. The first-order chi connectivity index (χ1) is 9.54. The molecule has 0 spiro atoms. The largest absolute Gasteiger partial charge is 0.306 e. The normalized spacial score (nSPS) is 12.4. The van der Waals surface area contributed by atoms with Crippen molar-refractivity contribution < 1.29 is 8.78 Å². The predicted octanol–water partition coefficient (Wildman–Crippen LogP) is 5.08. The van der Waals surface area contributed by atoms with Crippen molar-refractivity contribution in [3.05, 3.63) is 68.7 Å². The summed E-state index contributed by atoms with van der Waals surface area (Å²) < 4.78 is 28.7. The zero-order valence-electron chi connectivity index (χ0n) is 10.8. The zero-order valence-corrected chi connectivity index (χ0v) is 13.1. The van der Waals surface area contributed by atoms with E-state index in [0.717, 1.165) is 5.56 Å². The molecule has 1 nitrogen and oxygen atoms in total. The second-order valence-electron chi connectivity index (χ2n) is 4.29. The monoisotopic (exact) mass is 359 g/mol. The lowest BCUT2D eigenvalue weighted by atomic mass is 9.97. The number of benzene rings is 2. The van der Waals surface area contributed by atoms with Gasteiger partial charge < -0.3 is 5.32 Å². The van der Waals surface area contributed by atoms with Gasteiger partial charge in [-0.1, -0.05) is 46.6 Å². The lowest BCUT2D eigenvalue weighted by Gasteiger charge is -2.21. The highest BCUT2D eigenvalue weighted by Gasteiger charge is 2.22. The van der Waals surface area contributed by atoms with Gasteiger partial charge in [-0.15, -0.1) is 0 Å². The Morgan fingerprint density at radius 1 is 1.20 bits per heavy atom. The number of halogens is 4. The molecule has 0 aliphatic carbocycles. The van der Waals surface area contributed by atoms with E-state index >= 15 is 0 Å². The summed E-state index contributed by atoms with van der Waals surface area (Å²) in [6.07, 6.45) is 0. The average molecular weight is 361 g/mol. The van der Waals surface area contributed by atoms with E-state index in [0.29, 0.717) is 16.0 Å². The zero-order chi connectivity index (χ0) is 14.7. The molecule has 0 saturated carbocycles. The van der Waals surface area contributed by atoms with Gasteiger partial charge in [0.25, 0.3) is 0 Å². The van der Waals surface area contributed by atoms with Gasteiger partial charge in [0, 0.05) is 15.1 Å². The summed E-state index contributed by atoms with van der Waals surface area (Å²) in [6, 6.07) is 8.46. The minimum atomic E-state index is -0.576. The minimum absolute atomic E-state index is 0.0115. The van der Waals surface area contributed by atoms with Crippen molar-refractivity contribution in [1.82, 2.24) is 5.32 Å². The van der Waals surface area contributed by atoms with Gasteiger partial charge in [0.2, 0.25) is 0 Å². The van der Waals surface area contributed by atoms with E-state index in [1.807, 2.05) is 6.92 Å². The van der Waals surface area contributed by atoms with Gasteiger partial charge in [0.1, 0.15) is 11.6 Å². The van der Waals surface area contributed by atoms with Gasteiger partial charge in [0.05, 0.1) is 6.04 Å². The van der Waals surface area contributed by atoms with Crippen LogP contribution in [0, 0.1) is 11.6 Å². The molecule has 2 aromatic carbocycles. The third-order valence-electron chi connectivity index (χ3n) is 2.97. The van der Waals surface area contributed by atoms with Crippen LogP contribution < -0.4 is 5.32 Å². The molecular weight excluding hydrogens is 348 g/mol. The number of nitrogens with one attached hydrogen (secondary N) is 1. The molecule has 0 fully saturated rings. The third kappa shape index (κ3) is 3.19. The highest BCUT2D eigenvalue weighted by molar-refractivity contribution is 9.10. The molecule has 5 heteroatoms. The van der Waals surface area contributed by atoms with E-state index in [4.69, 9.17) is 11.6 Å². The molecule has 0 bridgehead atoms. The molecular formula is C15H13BrClF2N. The van der Waals surface area contributed by atoms with E-state index in [1.165, 1.54) is 18.2 Å². The smallest absolute Gasteiger partial charge is 0.131 e. The van der Waals surface area contributed by atoms with Gasteiger partial charge >= 0.3 is 0 Å². The number of hydrogen-bond donors (Lipinski definition) is 1. The number of rotatable bonds is 4. The van der Waals surface area contributed by atoms with Crippen LogP contribution in [0.3, 0.4) is 0 Å². The van der Waals surface area contributed by atoms with Gasteiger partial charge in [-0.25, -0.2) is 8.78 Å². The van der Waals surface area contributed by atoms with E-state index in [2.05, 4.69) is 21.2 Å².